The summed E-state index contributed by atoms with van der Waals surface area (Å²) in [7, 11) is 0. The topological polar surface area (TPSA) is 113 Å². The van der Waals surface area contributed by atoms with E-state index < -0.39 is 23.9 Å². The van der Waals surface area contributed by atoms with Crippen molar-refractivity contribution in [2.24, 2.45) is 5.73 Å². The summed E-state index contributed by atoms with van der Waals surface area (Å²) in [5.74, 6) is -1.58. The minimum atomic E-state index is -0.988. The van der Waals surface area contributed by atoms with Crippen LogP contribution in [-0.2, 0) is 9.59 Å². The van der Waals surface area contributed by atoms with Crippen LogP contribution in [-0.4, -0.2) is 47.0 Å². The lowest BCUT2D eigenvalue weighted by Gasteiger charge is -2.23. The summed E-state index contributed by atoms with van der Waals surface area (Å²) < 4.78 is 0. The SMILES string of the molecule is CCCCN(CC(N)=O)C(=O)NC(C)CC(=O)O. The fraction of sp³-hybridized carbons (Fsp3) is 0.727. The van der Waals surface area contributed by atoms with Crippen LogP contribution in [0.3, 0.4) is 0 Å². The van der Waals surface area contributed by atoms with Gasteiger partial charge in [-0.1, -0.05) is 13.3 Å². The van der Waals surface area contributed by atoms with Crippen molar-refractivity contribution in [3.63, 3.8) is 0 Å². The first-order valence-corrected chi connectivity index (χ1v) is 5.92. The summed E-state index contributed by atoms with van der Waals surface area (Å²) in [5.41, 5.74) is 5.06. The van der Waals surface area contributed by atoms with Crippen molar-refractivity contribution in [2.75, 3.05) is 13.1 Å². The summed E-state index contributed by atoms with van der Waals surface area (Å²) in [6.07, 6.45) is 1.48. The van der Waals surface area contributed by atoms with Crippen LogP contribution >= 0.6 is 0 Å². The third-order valence-corrected chi connectivity index (χ3v) is 2.27. The Morgan fingerprint density at radius 3 is 2.44 bits per heavy atom. The van der Waals surface area contributed by atoms with E-state index in [4.69, 9.17) is 10.8 Å². The zero-order valence-corrected chi connectivity index (χ0v) is 10.8. The van der Waals surface area contributed by atoms with Gasteiger partial charge in [-0.25, -0.2) is 4.79 Å². The van der Waals surface area contributed by atoms with Gasteiger partial charge in [0.25, 0.3) is 0 Å². The fourth-order valence-corrected chi connectivity index (χ4v) is 1.40. The molecule has 18 heavy (non-hydrogen) atoms. The van der Waals surface area contributed by atoms with Crippen LogP contribution in [0.15, 0.2) is 0 Å². The third-order valence-electron chi connectivity index (χ3n) is 2.27. The van der Waals surface area contributed by atoms with E-state index in [1.54, 1.807) is 6.92 Å². The van der Waals surface area contributed by atoms with E-state index >= 15 is 0 Å². The van der Waals surface area contributed by atoms with Crippen molar-refractivity contribution >= 4 is 17.9 Å². The number of nitrogens with two attached hydrogens (primary N) is 1. The Bertz CT molecular complexity index is 307. The highest BCUT2D eigenvalue weighted by Crippen LogP contribution is 1.98. The number of carboxylic acids is 1. The lowest BCUT2D eigenvalue weighted by molar-refractivity contribution is -0.137. The first kappa shape index (κ1) is 16.2. The van der Waals surface area contributed by atoms with Gasteiger partial charge in [0, 0.05) is 12.6 Å². The van der Waals surface area contributed by atoms with Crippen molar-refractivity contribution in [1.82, 2.24) is 10.2 Å². The molecule has 0 aromatic heterocycles. The molecule has 0 bridgehead atoms. The van der Waals surface area contributed by atoms with E-state index in [-0.39, 0.29) is 13.0 Å². The zero-order valence-electron chi connectivity index (χ0n) is 10.8. The first-order chi connectivity index (χ1) is 8.36. The Labute approximate surface area is 106 Å². The highest BCUT2D eigenvalue weighted by molar-refractivity contribution is 5.83. The Balaban J connectivity index is 4.35. The molecular formula is C11H21N3O4. The van der Waals surface area contributed by atoms with Crippen molar-refractivity contribution in [3.8, 4) is 0 Å². The lowest BCUT2D eigenvalue weighted by Crippen LogP contribution is -2.47. The lowest BCUT2D eigenvalue weighted by atomic mass is 10.2. The van der Waals surface area contributed by atoms with Crippen LogP contribution in [0.5, 0.6) is 0 Å². The molecule has 0 aliphatic rings. The van der Waals surface area contributed by atoms with Crippen LogP contribution < -0.4 is 11.1 Å². The van der Waals surface area contributed by atoms with Gasteiger partial charge in [0.05, 0.1) is 6.42 Å². The summed E-state index contributed by atoms with van der Waals surface area (Å²) in [5, 5.41) is 11.1. The number of nitrogens with one attached hydrogen (secondary N) is 1. The molecule has 0 aliphatic carbocycles. The molecule has 7 nitrogen and oxygen atoms in total. The van der Waals surface area contributed by atoms with Gasteiger partial charge in [0.15, 0.2) is 0 Å². The molecule has 7 heteroatoms. The third kappa shape index (κ3) is 7.48. The molecule has 4 N–H and O–H groups in total. The molecule has 0 heterocycles. The van der Waals surface area contributed by atoms with Gasteiger partial charge in [0.2, 0.25) is 5.91 Å². The minimum Gasteiger partial charge on any atom is -0.481 e. The first-order valence-electron chi connectivity index (χ1n) is 5.92. The highest BCUT2D eigenvalue weighted by atomic mass is 16.4. The second-order valence-corrected chi connectivity index (χ2v) is 4.19. The fourth-order valence-electron chi connectivity index (χ4n) is 1.40. The van der Waals surface area contributed by atoms with Gasteiger partial charge in [-0.15, -0.1) is 0 Å². The van der Waals surface area contributed by atoms with E-state index in [1.807, 2.05) is 6.92 Å². The van der Waals surface area contributed by atoms with Crippen molar-refractivity contribution < 1.29 is 19.5 Å². The van der Waals surface area contributed by atoms with Crippen molar-refractivity contribution in [2.45, 2.75) is 39.2 Å². The number of carbonyl (C=O) groups is 3. The molecule has 0 spiro atoms. The molecule has 1 unspecified atom stereocenters. The van der Waals surface area contributed by atoms with Crippen LogP contribution in [0.1, 0.15) is 33.1 Å². The maximum Gasteiger partial charge on any atom is 0.318 e. The average Bonchev–Trinajstić information content (AvgIpc) is 2.22. The molecule has 0 saturated heterocycles. The van der Waals surface area contributed by atoms with Gasteiger partial charge in [-0.3, -0.25) is 9.59 Å². The van der Waals surface area contributed by atoms with E-state index in [2.05, 4.69) is 5.32 Å². The molecule has 0 aliphatic heterocycles. The molecule has 0 radical (unpaired) electrons. The van der Waals surface area contributed by atoms with E-state index in [0.717, 1.165) is 12.8 Å². The predicted molar refractivity (Wildman–Crippen MR) is 65.9 cm³/mol. The smallest absolute Gasteiger partial charge is 0.318 e. The molecule has 0 saturated carbocycles. The highest BCUT2D eigenvalue weighted by Gasteiger charge is 2.18. The van der Waals surface area contributed by atoms with Crippen LogP contribution in [0.4, 0.5) is 4.79 Å². The standard InChI is InChI=1S/C11H21N3O4/c1-3-4-5-14(7-9(12)15)11(18)13-8(2)6-10(16)17/h8H,3-7H2,1-2H3,(H2,12,15)(H,13,18)(H,16,17). The Morgan fingerprint density at radius 2 is 2.00 bits per heavy atom. The van der Waals surface area contributed by atoms with Gasteiger partial charge in [-0.2, -0.15) is 0 Å². The predicted octanol–water partition coefficient (Wildman–Crippen LogP) is 0.147. The van der Waals surface area contributed by atoms with E-state index in [9.17, 15) is 14.4 Å². The summed E-state index contributed by atoms with van der Waals surface area (Å²) >= 11 is 0. The number of aliphatic carboxylic acids is 1. The van der Waals surface area contributed by atoms with Crippen LogP contribution in [0.25, 0.3) is 0 Å². The average molecular weight is 259 g/mol. The van der Waals surface area contributed by atoms with Gasteiger partial charge in [-0.05, 0) is 13.3 Å². The number of carbonyl (C=O) groups excluding carboxylic acids is 2. The maximum absolute atomic E-state index is 11.8. The van der Waals surface area contributed by atoms with Gasteiger partial charge < -0.3 is 21.1 Å². The van der Waals surface area contributed by atoms with Crippen molar-refractivity contribution in [1.29, 1.82) is 0 Å². The number of carboxylic acid groups (broad SMARTS) is 1. The Morgan fingerprint density at radius 1 is 1.39 bits per heavy atom. The number of primary amides is 1. The van der Waals surface area contributed by atoms with E-state index in [0.29, 0.717) is 6.54 Å². The Hall–Kier alpha value is -1.79. The molecule has 0 fully saturated rings. The summed E-state index contributed by atoms with van der Waals surface area (Å²) in [4.78, 5) is 34.4. The Kier molecular flexibility index (Phi) is 7.50. The molecule has 0 aromatic rings. The van der Waals surface area contributed by atoms with Crippen LogP contribution in [0, 0.1) is 0 Å². The molecule has 0 aromatic carbocycles. The normalized spacial score (nSPS) is 11.7. The quantitative estimate of drug-likeness (QED) is 0.575. The minimum absolute atomic E-state index is 0.161. The molecule has 3 amide bonds. The number of rotatable bonds is 8. The summed E-state index contributed by atoms with van der Waals surface area (Å²) in [6, 6.07) is -0.956. The largest absolute Gasteiger partial charge is 0.481 e. The monoisotopic (exact) mass is 259 g/mol. The molecule has 1 atom stereocenters. The number of amides is 3. The van der Waals surface area contributed by atoms with Gasteiger partial charge >= 0.3 is 12.0 Å². The second-order valence-electron chi connectivity index (χ2n) is 4.19. The van der Waals surface area contributed by atoms with Crippen molar-refractivity contribution in [3.05, 3.63) is 0 Å². The van der Waals surface area contributed by atoms with Gasteiger partial charge in [0.1, 0.15) is 6.54 Å². The number of unbranched alkanes of at least 4 members (excludes halogenated alkanes) is 1. The number of hydrogen-bond acceptors (Lipinski definition) is 3. The van der Waals surface area contributed by atoms with E-state index in [1.165, 1.54) is 4.90 Å². The number of urea groups is 1. The maximum atomic E-state index is 11.8. The molecular weight excluding hydrogens is 238 g/mol. The van der Waals surface area contributed by atoms with Crippen LogP contribution in [0.2, 0.25) is 0 Å². The number of hydrogen-bond donors (Lipinski definition) is 3. The summed E-state index contributed by atoms with van der Waals surface area (Å²) in [6.45, 7) is 3.82. The zero-order chi connectivity index (χ0) is 14.1. The second kappa shape index (κ2) is 8.32. The molecule has 0 rings (SSSR count). The molecule has 104 valence electrons. The number of nitrogens with zero attached hydrogens (tertiary/aromatic N) is 1.